The standard InChI is InChI=1S/C89H62N10O26/c100-68-33-34-69(101)94(68)62-21-5-54(6-22-62)80(112)120-46-88(47-121-81(113)55-7-23-63(24-8-55)95-70(102)35-36-71(95)103,48-122-82(114)56-9-25-64(26-10-56)96-72(104)37-38-73(96)105)92-86(118)90-60-17-1-52(2-18-60)45-53-3-19-61(20-4-53)91-87(119)93-89(49-123-83(115)57-11-27-65(28-12-57)97-74(106)39-40-75(97)107,50-124-84(116)58-13-29-66(30-14-58)98-76(108)41-42-77(98)109)51-125-85(117)59-15-31-67(32-16-59)99-78(110)43-44-79(99)111/h1-44H,45-51H2,(H2,90,92,118)(H2,91,93,119). The number of imide groups is 6. The molecule has 125 heavy (non-hydrogen) atoms. The Morgan fingerprint density at radius 3 is 0.520 bits per heavy atom. The molecule has 6 aliphatic heterocycles. The van der Waals surface area contributed by atoms with Crippen molar-refractivity contribution < 1.29 is 124 Å². The summed E-state index contributed by atoms with van der Waals surface area (Å²) in [5.41, 5.74) is -3.12. The van der Waals surface area contributed by atoms with Gasteiger partial charge in [0.05, 0.1) is 67.5 Å². The van der Waals surface area contributed by atoms with Gasteiger partial charge in [-0.25, -0.2) is 67.8 Å². The molecule has 0 spiro atoms. The van der Waals surface area contributed by atoms with Gasteiger partial charge < -0.3 is 49.7 Å². The van der Waals surface area contributed by atoms with Crippen molar-refractivity contribution in [1.29, 1.82) is 0 Å². The van der Waals surface area contributed by atoms with Gasteiger partial charge in [0.2, 0.25) is 0 Å². The number of carbonyl (C=O) groups is 20. The second-order valence-electron chi connectivity index (χ2n) is 28.1. The highest BCUT2D eigenvalue weighted by atomic mass is 16.6. The number of ether oxygens (including phenoxy) is 6. The summed E-state index contributed by atoms with van der Waals surface area (Å²) in [5.74, 6) is -14.1. The number of nitrogens with one attached hydrogen (secondary N) is 4. The number of hydrogen-bond acceptors (Lipinski definition) is 26. The molecule has 8 aromatic carbocycles. The van der Waals surface area contributed by atoms with Crippen molar-refractivity contribution in [2.24, 2.45) is 0 Å². The molecule has 0 bridgehead atoms. The zero-order chi connectivity index (χ0) is 88.4. The lowest BCUT2D eigenvalue weighted by molar-refractivity contribution is -0.121. The molecule has 4 N–H and O–H groups in total. The molecule has 0 atom stereocenters. The van der Waals surface area contributed by atoms with Crippen molar-refractivity contribution >= 4 is 164 Å². The van der Waals surface area contributed by atoms with Crippen LogP contribution < -0.4 is 50.7 Å². The lowest BCUT2D eigenvalue weighted by atomic mass is 10.0. The molecule has 14 rings (SSSR count). The molecule has 0 unspecified atom stereocenters. The zero-order valence-corrected chi connectivity index (χ0v) is 64.7. The van der Waals surface area contributed by atoms with Gasteiger partial charge in [0, 0.05) is 84.3 Å². The van der Waals surface area contributed by atoms with Crippen LogP contribution >= 0.6 is 0 Å². The van der Waals surface area contributed by atoms with Crippen LogP contribution in [-0.2, 0) is 92.4 Å². The Morgan fingerprint density at radius 2 is 0.368 bits per heavy atom. The van der Waals surface area contributed by atoms with Crippen LogP contribution in [0.2, 0.25) is 0 Å². The molecule has 36 nitrogen and oxygen atoms in total. The molecule has 36 heteroatoms. The summed E-state index contributed by atoms with van der Waals surface area (Å²) in [6.45, 7) is -5.57. The van der Waals surface area contributed by atoms with Crippen molar-refractivity contribution in [1.82, 2.24) is 10.6 Å². The van der Waals surface area contributed by atoms with Gasteiger partial charge in [-0.15, -0.1) is 0 Å². The smallest absolute Gasteiger partial charge is 0.338 e. The first-order valence-corrected chi connectivity index (χ1v) is 37.4. The molecule has 0 saturated carbocycles. The number of hydrogen-bond donors (Lipinski definition) is 4. The Balaban J connectivity index is 0.688. The van der Waals surface area contributed by atoms with E-state index in [4.69, 9.17) is 28.4 Å². The maximum Gasteiger partial charge on any atom is 0.338 e. The SMILES string of the molecule is O=C(Nc1ccc(Cc2ccc(NC(=O)NC(COC(=O)c3ccc(N4C(=O)C=CC4=O)cc3)(COC(=O)c3ccc(N4C(=O)C=CC4=O)cc3)COC(=O)c3ccc(N4C(=O)C=CC4=O)cc3)cc2)cc1)NC(COC(=O)c1ccc(N2C(=O)C=CC2=O)cc1)(COC(=O)c1ccc(N2C(=O)C=CC2=O)cc1)COC(=O)c1ccc(N2C(=O)C=CC2=O)cc1. The van der Waals surface area contributed by atoms with Crippen LogP contribution in [0.5, 0.6) is 0 Å². The second-order valence-corrected chi connectivity index (χ2v) is 28.1. The van der Waals surface area contributed by atoms with Crippen LogP contribution in [0.15, 0.2) is 267 Å². The number of anilines is 8. The van der Waals surface area contributed by atoms with E-state index in [2.05, 4.69) is 21.3 Å². The van der Waals surface area contributed by atoms with E-state index < -0.39 is 169 Å². The van der Waals surface area contributed by atoms with Crippen molar-refractivity contribution in [3.05, 3.63) is 312 Å². The first-order chi connectivity index (χ1) is 60.1. The fraction of sp³-hybridized carbons (Fsp3) is 0.101. The van der Waals surface area contributed by atoms with Gasteiger partial charge in [0.15, 0.2) is 0 Å². The Morgan fingerprint density at radius 1 is 0.216 bits per heavy atom. The van der Waals surface area contributed by atoms with Gasteiger partial charge in [0.25, 0.3) is 70.9 Å². The van der Waals surface area contributed by atoms with Crippen molar-refractivity contribution in [2.75, 3.05) is 79.7 Å². The quantitative estimate of drug-likeness (QED) is 0.0206. The fourth-order valence-corrected chi connectivity index (χ4v) is 13.1. The Labute approximate surface area is 704 Å². The average Bonchev–Trinajstić information content (AvgIpc) is 1.77. The highest BCUT2D eigenvalue weighted by Gasteiger charge is 2.42. The molecule has 0 radical (unpaired) electrons. The third-order valence-electron chi connectivity index (χ3n) is 19.5. The summed E-state index contributed by atoms with van der Waals surface area (Å²) >= 11 is 0. The van der Waals surface area contributed by atoms with E-state index in [-0.39, 0.29) is 85.3 Å². The number of nitrogens with zero attached hydrogens (tertiary/aromatic N) is 6. The lowest BCUT2D eigenvalue weighted by Crippen LogP contribution is -2.60. The number of carbonyl (C=O) groups excluding carboxylic acids is 20. The second kappa shape index (κ2) is 35.9. The van der Waals surface area contributed by atoms with E-state index in [1.807, 2.05) is 0 Å². The molecule has 0 saturated heterocycles. The first-order valence-electron chi connectivity index (χ1n) is 37.4. The monoisotopic (exact) mass is 1690 g/mol. The summed E-state index contributed by atoms with van der Waals surface area (Å²) in [6.07, 6.45) is 12.9. The summed E-state index contributed by atoms with van der Waals surface area (Å²) in [5, 5.41) is 10.6. The predicted molar refractivity (Wildman–Crippen MR) is 436 cm³/mol. The predicted octanol–water partition coefficient (Wildman–Crippen LogP) is 6.72. The maximum atomic E-state index is 14.5. The van der Waals surface area contributed by atoms with E-state index in [9.17, 15) is 95.9 Å². The highest BCUT2D eigenvalue weighted by molar-refractivity contribution is 6.32. The number of urea groups is 2. The maximum absolute atomic E-state index is 14.5. The van der Waals surface area contributed by atoms with Crippen LogP contribution in [0.3, 0.4) is 0 Å². The van der Waals surface area contributed by atoms with E-state index in [1.54, 1.807) is 24.3 Å². The van der Waals surface area contributed by atoms with Crippen LogP contribution in [-0.4, -0.2) is 169 Å². The highest BCUT2D eigenvalue weighted by Crippen LogP contribution is 2.30. The fourth-order valence-electron chi connectivity index (χ4n) is 13.1. The first kappa shape index (κ1) is 83.9. The third-order valence-corrected chi connectivity index (χ3v) is 19.5. The molecule has 624 valence electrons. The Kier molecular flexibility index (Phi) is 24.1. The van der Waals surface area contributed by atoms with Gasteiger partial charge in [-0.3, -0.25) is 57.5 Å². The van der Waals surface area contributed by atoms with E-state index >= 15 is 0 Å². The summed E-state index contributed by atoms with van der Waals surface area (Å²) in [6, 6.07) is 40.8. The number of rotatable bonds is 30. The molecule has 6 heterocycles. The van der Waals surface area contributed by atoms with Gasteiger partial charge in [-0.2, -0.15) is 0 Å². The topological polar surface area (TPSA) is 464 Å². The third kappa shape index (κ3) is 19.1. The Bertz CT molecular complexity index is 5130. The van der Waals surface area contributed by atoms with Gasteiger partial charge in [-0.05, 0) is 187 Å². The Hall–Kier alpha value is -17.6. The molecular formula is C89H62N10O26. The number of esters is 6. The molecule has 6 aliphatic rings. The minimum atomic E-state index is -2.22. The van der Waals surface area contributed by atoms with Crippen LogP contribution in [0.4, 0.5) is 55.1 Å². The zero-order valence-electron chi connectivity index (χ0n) is 64.7. The van der Waals surface area contributed by atoms with Crippen LogP contribution in [0.25, 0.3) is 0 Å². The van der Waals surface area contributed by atoms with E-state index in [1.165, 1.54) is 170 Å². The molecule has 0 aliphatic carbocycles. The molecule has 16 amide bonds. The van der Waals surface area contributed by atoms with Gasteiger partial charge in [-0.1, -0.05) is 24.3 Å². The average molecular weight is 1690 g/mol. The van der Waals surface area contributed by atoms with E-state index in [0.29, 0.717) is 11.1 Å². The molecule has 8 aromatic rings. The van der Waals surface area contributed by atoms with E-state index in [0.717, 1.165) is 102 Å². The van der Waals surface area contributed by atoms with Crippen molar-refractivity contribution in [2.45, 2.75) is 17.5 Å². The lowest BCUT2D eigenvalue weighted by Gasteiger charge is -2.33. The van der Waals surface area contributed by atoms with Crippen molar-refractivity contribution in [3.63, 3.8) is 0 Å². The van der Waals surface area contributed by atoms with Gasteiger partial charge in [0.1, 0.15) is 50.7 Å². The molecule has 0 fully saturated rings. The summed E-state index contributed by atoms with van der Waals surface area (Å²) in [7, 11) is 0. The molecule has 0 aromatic heterocycles. The largest absolute Gasteiger partial charge is 0.459 e. The minimum Gasteiger partial charge on any atom is -0.459 e. The normalized spacial score (nSPS) is 14.6. The number of benzene rings is 8. The minimum absolute atomic E-state index is 0.104. The number of amides is 16. The van der Waals surface area contributed by atoms with Crippen LogP contribution in [0, 0.1) is 0 Å². The molecular weight excluding hydrogens is 1630 g/mol. The summed E-state index contributed by atoms with van der Waals surface area (Å²) < 4.78 is 34.7. The summed E-state index contributed by atoms with van der Waals surface area (Å²) in [4.78, 5) is 268. The van der Waals surface area contributed by atoms with Gasteiger partial charge >= 0.3 is 47.9 Å². The van der Waals surface area contributed by atoms with Crippen LogP contribution in [0.1, 0.15) is 73.3 Å². The van der Waals surface area contributed by atoms with Crippen molar-refractivity contribution in [3.8, 4) is 0 Å².